The zero-order valence-corrected chi connectivity index (χ0v) is 20.9. The molecule has 1 atom stereocenters. The third kappa shape index (κ3) is 13.0. The Kier molecular flexibility index (Phi) is 15.8. The summed E-state index contributed by atoms with van der Waals surface area (Å²) in [7, 11) is 0. The number of carbonyl (C=O) groups is 3. The molecule has 0 aromatic heterocycles. The molecule has 1 aliphatic heterocycles. The van der Waals surface area contributed by atoms with Gasteiger partial charge in [0.25, 0.3) is 0 Å². The van der Waals surface area contributed by atoms with Crippen LogP contribution < -0.4 is 0 Å². The summed E-state index contributed by atoms with van der Waals surface area (Å²) in [5.74, 6) is -0.987. The van der Waals surface area contributed by atoms with Crippen LogP contribution in [0.3, 0.4) is 0 Å². The van der Waals surface area contributed by atoms with Crippen LogP contribution in [0.15, 0.2) is 12.2 Å². The summed E-state index contributed by atoms with van der Waals surface area (Å²) in [5.41, 5.74) is 0. The second-order valence-electron chi connectivity index (χ2n) is 9.66. The Morgan fingerprint density at radius 2 is 1.50 bits per heavy atom. The molecule has 0 aromatic rings. The lowest BCUT2D eigenvalue weighted by molar-refractivity contribution is -0.149. The van der Waals surface area contributed by atoms with Crippen molar-refractivity contribution in [3.05, 3.63) is 12.2 Å². The molecule has 1 saturated heterocycles. The summed E-state index contributed by atoms with van der Waals surface area (Å²) in [5, 5.41) is 0. The van der Waals surface area contributed by atoms with Crippen molar-refractivity contribution in [2.75, 3.05) is 13.2 Å². The molecule has 184 valence electrons. The van der Waals surface area contributed by atoms with E-state index in [1.165, 1.54) is 62.7 Å². The Labute approximate surface area is 196 Å². The predicted octanol–water partition coefficient (Wildman–Crippen LogP) is 6.60. The number of amides is 2. The van der Waals surface area contributed by atoms with Crippen molar-refractivity contribution >= 4 is 17.8 Å². The highest BCUT2D eigenvalue weighted by Gasteiger charge is 2.38. The predicted molar refractivity (Wildman–Crippen MR) is 130 cm³/mol. The Hall–Kier alpha value is -1.65. The number of imide groups is 1. The smallest absolute Gasteiger partial charge is 0.311 e. The average molecular weight is 450 g/mol. The van der Waals surface area contributed by atoms with Crippen LogP contribution in [0, 0.1) is 11.8 Å². The number of rotatable bonds is 18. The zero-order chi connectivity index (χ0) is 23.6. The number of hydrogen-bond acceptors (Lipinski definition) is 4. The molecule has 1 fully saturated rings. The lowest BCUT2D eigenvalue weighted by Crippen LogP contribution is -2.33. The van der Waals surface area contributed by atoms with Gasteiger partial charge in [-0.15, -0.1) is 0 Å². The van der Waals surface area contributed by atoms with Crippen LogP contribution in [0.1, 0.15) is 117 Å². The van der Waals surface area contributed by atoms with Gasteiger partial charge in [-0.05, 0) is 38.0 Å². The highest BCUT2D eigenvalue weighted by atomic mass is 16.5. The molecule has 0 aromatic carbocycles. The van der Waals surface area contributed by atoms with Crippen molar-refractivity contribution in [2.24, 2.45) is 11.8 Å². The van der Waals surface area contributed by atoms with Gasteiger partial charge in [0.2, 0.25) is 11.8 Å². The molecule has 1 unspecified atom stereocenters. The number of allylic oxidation sites excluding steroid dienone is 2. The van der Waals surface area contributed by atoms with E-state index in [0.29, 0.717) is 13.0 Å². The molecule has 0 saturated carbocycles. The molecule has 5 nitrogen and oxygen atoms in total. The zero-order valence-electron chi connectivity index (χ0n) is 20.9. The number of carbonyl (C=O) groups excluding carboxylic acids is 3. The minimum absolute atomic E-state index is 0.0923. The van der Waals surface area contributed by atoms with E-state index in [4.69, 9.17) is 4.74 Å². The number of unbranched alkanes of at least 4 members (excludes halogenated alkanes) is 11. The van der Waals surface area contributed by atoms with Gasteiger partial charge < -0.3 is 4.74 Å². The summed E-state index contributed by atoms with van der Waals surface area (Å²) in [6, 6.07) is 0. The summed E-state index contributed by atoms with van der Waals surface area (Å²) < 4.78 is 5.22. The maximum Gasteiger partial charge on any atom is 0.311 e. The number of nitrogens with zero attached hydrogens (tertiary/aromatic N) is 1. The third-order valence-corrected chi connectivity index (χ3v) is 5.97. The van der Waals surface area contributed by atoms with Crippen molar-refractivity contribution in [3.63, 3.8) is 0 Å². The number of likely N-dealkylation sites (tertiary alicyclic amines) is 1. The Bertz CT molecular complexity index is 570. The van der Waals surface area contributed by atoms with Crippen LogP contribution in [0.2, 0.25) is 0 Å². The van der Waals surface area contributed by atoms with Crippen LogP contribution in [0.4, 0.5) is 0 Å². The Morgan fingerprint density at radius 3 is 2.09 bits per heavy atom. The van der Waals surface area contributed by atoms with Crippen LogP contribution in [0.5, 0.6) is 0 Å². The first-order valence-corrected chi connectivity index (χ1v) is 13.1. The highest BCUT2D eigenvalue weighted by molar-refractivity contribution is 5.99. The van der Waals surface area contributed by atoms with Gasteiger partial charge in [-0.1, -0.05) is 84.3 Å². The molecule has 0 aliphatic carbocycles. The second-order valence-corrected chi connectivity index (χ2v) is 9.66. The van der Waals surface area contributed by atoms with E-state index in [2.05, 4.69) is 19.1 Å². The van der Waals surface area contributed by atoms with Crippen molar-refractivity contribution in [1.82, 2.24) is 4.90 Å². The van der Waals surface area contributed by atoms with Gasteiger partial charge in [0.15, 0.2) is 0 Å². The van der Waals surface area contributed by atoms with Gasteiger partial charge in [-0.2, -0.15) is 0 Å². The molecule has 2 amide bonds. The topological polar surface area (TPSA) is 63.7 Å². The Balaban J connectivity index is 2.02. The molecule has 0 spiro atoms. The summed E-state index contributed by atoms with van der Waals surface area (Å²) in [6.07, 6.45) is 20.9. The number of esters is 1. The van der Waals surface area contributed by atoms with Crippen molar-refractivity contribution in [1.29, 1.82) is 0 Å². The molecular weight excluding hydrogens is 402 g/mol. The summed E-state index contributed by atoms with van der Waals surface area (Å²) in [4.78, 5) is 37.8. The van der Waals surface area contributed by atoms with Gasteiger partial charge in [0, 0.05) is 19.4 Å². The van der Waals surface area contributed by atoms with Crippen LogP contribution in [-0.4, -0.2) is 35.8 Å². The van der Waals surface area contributed by atoms with E-state index in [-0.39, 0.29) is 36.7 Å². The molecule has 1 rings (SSSR count). The van der Waals surface area contributed by atoms with E-state index in [9.17, 15) is 14.4 Å². The fraction of sp³-hybridized carbons (Fsp3) is 0.815. The number of hydrogen-bond donors (Lipinski definition) is 0. The third-order valence-electron chi connectivity index (χ3n) is 5.97. The fourth-order valence-electron chi connectivity index (χ4n) is 3.96. The SMILES string of the molecule is CCCCCCCCC=CCCCCCCCC(=O)N1CC(C(=O)OCC(C)C)CC1=O. The monoisotopic (exact) mass is 449 g/mol. The average Bonchev–Trinajstić information content (AvgIpc) is 3.16. The van der Waals surface area contributed by atoms with Crippen LogP contribution >= 0.6 is 0 Å². The normalized spacial score (nSPS) is 16.4. The Morgan fingerprint density at radius 1 is 0.938 bits per heavy atom. The first-order chi connectivity index (χ1) is 15.5. The van der Waals surface area contributed by atoms with E-state index < -0.39 is 5.92 Å². The molecular formula is C27H47NO4. The lowest BCUT2D eigenvalue weighted by atomic mass is 10.1. The fourth-order valence-corrected chi connectivity index (χ4v) is 3.96. The standard InChI is InChI=1S/C27H47NO4/c1-4-5-6-7-8-9-10-11-12-13-14-15-16-17-18-19-25(29)28-21-24(20-26(28)30)27(31)32-22-23(2)3/h11-12,23-24H,4-10,13-22H2,1-3H3. The first-order valence-electron chi connectivity index (χ1n) is 13.1. The van der Waals surface area contributed by atoms with Gasteiger partial charge in [0.1, 0.15) is 0 Å². The number of ether oxygens (including phenoxy) is 1. The molecule has 1 heterocycles. The quantitative estimate of drug-likeness (QED) is 0.134. The largest absolute Gasteiger partial charge is 0.465 e. The van der Waals surface area contributed by atoms with E-state index in [0.717, 1.165) is 25.7 Å². The molecule has 5 heteroatoms. The summed E-state index contributed by atoms with van der Waals surface area (Å²) >= 11 is 0. The van der Waals surface area contributed by atoms with Crippen molar-refractivity contribution < 1.29 is 19.1 Å². The molecule has 32 heavy (non-hydrogen) atoms. The van der Waals surface area contributed by atoms with E-state index in [1.807, 2.05) is 13.8 Å². The minimum Gasteiger partial charge on any atom is -0.465 e. The molecule has 1 aliphatic rings. The first kappa shape index (κ1) is 28.4. The molecule has 0 N–H and O–H groups in total. The van der Waals surface area contributed by atoms with Crippen LogP contribution in [0.25, 0.3) is 0 Å². The van der Waals surface area contributed by atoms with E-state index >= 15 is 0 Å². The van der Waals surface area contributed by atoms with E-state index in [1.54, 1.807) is 0 Å². The summed E-state index contributed by atoms with van der Waals surface area (Å²) in [6.45, 7) is 6.73. The van der Waals surface area contributed by atoms with Gasteiger partial charge >= 0.3 is 5.97 Å². The lowest BCUT2D eigenvalue weighted by Gasteiger charge is -2.15. The maximum atomic E-state index is 12.4. The van der Waals surface area contributed by atoms with Crippen LogP contribution in [-0.2, 0) is 19.1 Å². The van der Waals surface area contributed by atoms with Gasteiger partial charge in [-0.3, -0.25) is 19.3 Å². The van der Waals surface area contributed by atoms with Gasteiger partial charge in [-0.25, -0.2) is 0 Å². The highest BCUT2D eigenvalue weighted by Crippen LogP contribution is 2.21. The molecule has 0 bridgehead atoms. The van der Waals surface area contributed by atoms with Gasteiger partial charge in [0.05, 0.1) is 12.5 Å². The second kappa shape index (κ2) is 17.9. The maximum absolute atomic E-state index is 12.4. The molecule has 0 radical (unpaired) electrons. The van der Waals surface area contributed by atoms with Crippen molar-refractivity contribution in [3.8, 4) is 0 Å². The van der Waals surface area contributed by atoms with Crippen molar-refractivity contribution in [2.45, 2.75) is 117 Å². The minimum atomic E-state index is -0.501.